The first-order valence-corrected chi connectivity index (χ1v) is 37.1. The van der Waals surface area contributed by atoms with Gasteiger partial charge < -0.3 is 43.3 Å². The van der Waals surface area contributed by atoms with Crippen LogP contribution in [0.4, 0.5) is 11.4 Å². The van der Waals surface area contributed by atoms with Crippen LogP contribution >= 0.6 is 136 Å². The van der Waals surface area contributed by atoms with E-state index in [-0.39, 0.29) is 10.8 Å². The van der Waals surface area contributed by atoms with Gasteiger partial charge >= 0.3 is 0 Å². The quantitative estimate of drug-likeness (QED) is 0.0438. The second-order valence-electron chi connectivity index (χ2n) is 25.9. The third-order valence-electron chi connectivity index (χ3n) is 21.4. The van der Waals surface area contributed by atoms with E-state index in [0.29, 0.717) is 24.7 Å². The summed E-state index contributed by atoms with van der Waals surface area (Å²) in [6.07, 6.45) is 25.3. The van der Waals surface area contributed by atoms with Gasteiger partial charge in [0.1, 0.15) is 59.4 Å². The molecule has 10 rings (SSSR count). The highest BCUT2D eigenvalue weighted by atomic mass is 127. The molecule has 18 heteroatoms. The van der Waals surface area contributed by atoms with Gasteiger partial charge in [0.25, 0.3) is 0 Å². The Bertz CT molecular complexity index is 2800. The minimum atomic E-state index is -0.138. The molecule has 2 unspecified atom stereocenters. The Morgan fingerprint density at radius 2 is 0.951 bits per heavy atom. The van der Waals surface area contributed by atoms with Gasteiger partial charge in [0.2, 0.25) is 17.5 Å². The average Bonchev–Trinajstić information content (AvgIpc) is 4.01. The number of quaternary nitrogens is 4. The summed E-state index contributed by atoms with van der Waals surface area (Å²) in [5.74, 6) is 0.735. The molecule has 8 aliphatic rings. The van der Waals surface area contributed by atoms with Crippen molar-refractivity contribution >= 4 is 164 Å². The largest absolute Gasteiger partial charge is 0.347 e. The molecular weight excluding hydrogens is 1690 g/mol. The maximum atomic E-state index is 13.6. The van der Waals surface area contributed by atoms with Crippen LogP contribution in [0.3, 0.4) is 0 Å². The van der Waals surface area contributed by atoms with Crippen molar-refractivity contribution in [2.24, 2.45) is 0 Å². The van der Waals surface area contributed by atoms with E-state index in [1.165, 1.54) is 152 Å². The Labute approximate surface area is 568 Å². The molecule has 2 aromatic rings. The molecule has 0 aromatic heterocycles. The van der Waals surface area contributed by atoms with Gasteiger partial charge in [-0.15, -0.1) is 0 Å². The second kappa shape index (κ2) is 27.4. The fraction of sp³-hybridized carbons (Fsp3) is 0.635. The number of fused-ring (bicyclic) bond motifs is 2. The molecule has 8 heterocycles. The number of carbonyl (C=O) groups excluding carboxylic acids is 2. The third-order valence-corrected chi connectivity index (χ3v) is 31.6. The number of anilines is 1. The molecule has 2 aromatic carbocycles. The number of amides is 2. The maximum absolute atomic E-state index is 13.6. The molecule has 2 atom stereocenters. The van der Waals surface area contributed by atoms with Crippen molar-refractivity contribution in [2.45, 2.75) is 88.9 Å². The fourth-order valence-corrected chi connectivity index (χ4v) is 21.0. The number of allylic oxidation sites excluding steroid dienone is 8. The van der Waals surface area contributed by atoms with Crippen molar-refractivity contribution in [3.63, 3.8) is 0 Å². The molecule has 0 bridgehead atoms. The number of hydrogen-bond acceptors (Lipinski definition) is 5. The van der Waals surface area contributed by atoms with E-state index in [0.717, 1.165) is 130 Å². The highest BCUT2D eigenvalue weighted by Crippen LogP contribution is 2.53. The van der Waals surface area contributed by atoms with Crippen molar-refractivity contribution in [3.05, 3.63) is 92.9 Å². The fourth-order valence-electron chi connectivity index (χ4n) is 15.7. The molecule has 2 N–H and O–H groups in total. The maximum Gasteiger partial charge on any atom is 0.222 e. The van der Waals surface area contributed by atoms with Crippen molar-refractivity contribution in [1.29, 1.82) is 0 Å². The van der Waals surface area contributed by atoms with Crippen molar-refractivity contribution in [3.8, 4) is 0 Å². The monoisotopic (exact) mass is 1780 g/mol. The van der Waals surface area contributed by atoms with Crippen molar-refractivity contribution in [2.75, 3.05) is 176 Å². The van der Waals surface area contributed by atoms with E-state index in [4.69, 9.17) is 0 Å². The topological polar surface area (TPSA) is 70.9 Å². The first-order valence-electron chi connectivity index (χ1n) is 30.7. The number of unbranched alkanes of at least 4 members (excludes halogenated alkanes) is 4. The Morgan fingerprint density at radius 1 is 0.531 bits per heavy atom. The molecule has 2 amide bonds. The molecule has 442 valence electrons. The number of piperazine rings is 6. The van der Waals surface area contributed by atoms with E-state index in [2.05, 4.69) is 248 Å². The summed E-state index contributed by atoms with van der Waals surface area (Å²) in [6.45, 7) is 33.4. The van der Waals surface area contributed by atoms with Crippen LogP contribution in [0, 0.1) is 21.4 Å². The molecule has 12 nitrogen and oxygen atoms in total. The number of nitrogens with zero attached hydrogens (tertiary/aromatic N) is 8. The van der Waals surface area contributed by atoms with Crippen molar-refractivity contribution in [1.82, 2.24) is 20.4 Å². The Hall–Kier alpha value is -0.0500. The lowest BCUT2D eigenvalue weighted by Crippen LogP contribution is -2.73. The summed E-state index contributed by atoms with van der Waals surface area (Å²) >= 11 is 15.3. The minimum Gasteiger partial charge on any atom is -0.347 e. The Kier molecular flexibility index (Phi) is 21.6. The number of halogens is 6. The molecular formula is C63H91I6N10O2+5. The normalized spacial score (nSPS) is 26.4. The van der Waals surface area contributed by atoms with Gasteiger partial charge in [-0.1, -0.05) is 56.1 Å². The lowest BCUT2D eigenvalue weighted by molar-refractivity contribution is -1.03. The van der Waals surface area contributed by atoms with E-state index in [9.17, 15) is 9.59 Å². The molecule has 0 saturated carbocycles. The van der Waals surface area contributed by atoms with Gasteiger partial charge in [0.15, 0.2) is 5.71 Å². The van der Waals surface area contributed by atoms with E-state index in [1.54, 1.807) is 0 Å². The molecule has 6 fully saturated rings. The van der Waals surface area contributed by atoms with Crippen LogP contribution in [-0.2, 0) is 20.4 Å². The highest BCUT2D eigenvalue weighted by molar-refractivity contribution is 14.1. The number of benzene rings is 2. The van der Waals surface area contributed by atoms with Crippen LogP contribution in [0.15, 0.2) is 60.4 Å². The lowest BCUT2D eigenvalue weighted by atomic mass is 9.75. The van der Waals surface area contributed by atoms with Gasteiger partial charge in [0.05, 0.1) is 89.5 Å². The first-order chi connectivity index (χ1) is 38.9. The minimum absolute atomic E-state index is 0.138. The van der Waals surface area contributed by atoms with Crippen LogP contribution in [0.25, 0.3) is 0 Å². The third kappa shape index (κ3) is 13.8. The van der Waals surface area contributed by atoms with Crippen LogP contribution in [0.2, 0.25) is 0 Å². The van der Waals surface area contributed by atoms with E-state index in [1.807, 2.05) is 0 Å². The number of rotatable bonds is 16. The van der Waals surface area contributed by atoms with Gasteiger partial charge in [-0.2, -0.15) is 4.58 Å². The molecule has 81 heavy (non-hydrogen) atoms. The van der Waals surface area contributed by atoms with Crippen molar-refractivity contribution < 1.29 is 32.1 Å². The molecule has 6 saturated heterocycles. The van der Waals surface area contributed by atoms with E-state index < -0.39 is 0 Å². The summed E-state index contributed by atoms with van der Waals surface area (Å²) in [5.41, 5.74) is 7.91. The van der Waals surface area contributed by atoms with Gasteiger partial charge in [-0.25, -0.2) is 0 Å². The van der Waals surface area contributed by atoms with Crippen LogP contribution in [0.5, 0.6) is 0 Å². The number of likely N-dealkylation sites (N-methyl/N-ethyl adjacent to an activating group) is 1. The standard InChI is InChI=1S/C63H91I6N10O2/c1-62(20-14-8-12-18-54(80)74-26-34-78(35-27-74)42-38-76(39-43-78)30-22-70-23-31-76)52(72(3)50-46-48(64)58(66)60(68)56(50)62)16-10-6-5-7-11-17-53-63(2,57-51(73(53)4)47-49(65)59(67)61(57)69)21-15-9-13-19-55(81)75-28-36-79(37-29-75)44-40-77(41-45-79)32-24-71-25-33-77/h5-7,10-11,16-17,46-47,70-71H,8-9,12-15,18-45H2,1-4H3/q+5. The Balaban J connectivity index is 0.724. The average molecular weight is 1780 g/mol. The van der Waals surface area contributed by atoms with Crippen LogP contribution in [0.1, 0.15) is 89.2 Å². The number of carbonyl (C=O) groups is 2. The van der Waals surface area contributed by atoms with Crippen LogP contribution in [-0.4, -0.2) is 221 Å². The zero-order valence-electron chi connectivity index (χ0n) is 48.9. The van der Waals surface area contributed by atoms with Gasteiger partial charge in [-0.05, 0) is 187 Å². The molecule has 0 aliphatic carbocycles. The Morgan fingerprint density at radius 3 is 1.44 bits per heavy atom. The summed E-state index contributed by atoms with van der Waals surface area (Å²) in [5, 5.41) is 7.12. The predicted molar refractivity (Wildman–Crippen MR) is 383 cm³/mol. The predicted octanol–water partition coefficient (Wildman–Crippen LogP) is 10.3. The molecule has 0 radical (unpaired) electrons. The first kappa shape index (κ1) is 64.0. The SMILES string of the molecule is CN1\C(=C/C=C/C=C/C=C/C2=[N+](C)c3cc(I)c(I)c(I)c3C2(C)CCCCCC(=O)N2CC[N+]3(CC2)CC[N+]2(CCNCC2)CC3)C(C)(CCCCCC(=O)N2CC[N+]3(CC2)CC[N+]2(CCNCC2)CC3)c2c1cc(I)c(I)c2I. The number of nitrogens with one attached hydrogen (secondary N) is 2. The van der Waals surface area contributed by atoms with Gasteiger partial charge in [0, 0.05) is 102 Å². The second-order valence-corrected chi connectivity index (χ2v) is 32.6. The summed E-state index contributed by atoms with van der Waals surface area (Å²) in [6, 6.07) is 4.75. The summed E-state index contributed by atoms with van der Waals surface area (Å²) < 4.78 is 15.5. The lowest BCUT2D eigenvalue weighted by Gasteiger charge is -2.53. The zero-order chi connectivity index (χ0) is 57.2. The summed E-state index contributed by atoms with van der Waals surface area (Å²) in [7, 11) is 4.49. The highest BCUT2D eigenvalue weighted by Gasteiger charge is 2.50. The van der Waals surface area contributed by atoms with E-state index >= 15 is 0 Å². The number of hydrogen-bond donors (Lipinski definition) is 2. The zero-order valence-corrected chi connectivity index (χ0v) is 61.8. The van der Waals surface area contributed by atoms with Crippen LogP contribution < -0.4 is 15.5 Å². The van der Waals surface area contributed by atoms with Gasteiger partial charge in [-0.3, -0.25) is 9.59 Å². The molecule has 8 aliphatic heterocycles. The summed E-state index contributed by atoms with van der Waals surface area (Å²) in [4.78, 5) is 34.0. The smallest absolute Gasteiger partial charge is 0.222 e. The molecule has 4 spiro atoms.